The van der Waals surface area contributed by atoms with Crippen LogP contribution >= 0.6 is 0 Å². The molecule has 2 N–H and O–H groups in total. The van der Waals surface area contributed by atoms with E-state index in [1.807, 2.05) is 25.1 Å². The Kier molecular flexibility index (Phi) is 4.21. The zero-order valence-corrected chi connectivity index (χ0v) is 13.8. The van der Waals surface area contributed by atoms with E-state index < -0.39 is 0 Å². The van der Waals surface area contributed by atoms with Crippen molar-refractivity contribution in [3.05, 3.63) is 23.8 Å². The number of oxazole rings is 1. The van der Waals surface area contributed by atoms with Crippen molar-refractivity contribution >= 4 is 5.91 Å². The Morgan fingerprint density at radius 1 is 1.48 bits per heavy atom. The fourth-order valence-corrected chi connectivity index (χ4v) is 3.14. The monoisotopic (exact) mass is 317 g/mol. The molecular formula is C16H23N5O2. The maximum atomic E-state index is 12.9. The Balaban J connectivity index is 1.88. The summed E-state index contributed by atoms with van der Waals surface area (Å²) in [6, 6.07) is 0.0124. The van der Waals surface area contributed by atoms with Crippen LogP contribution in [0.25, 0.3) is 11.5 Å². The third-order valence-electron chi connectivity index (χ3n) is 4.37. The molecule has 1 fully saturated rings. The first-order chi connectivity index (χ1) is 11.0. The fourth-order valence-electron chi connectivity index (χ4n) is 3.14. The van der Waals surface area contributed by atoms with Crippen molar-refractivity contribution in [1.82, 2.24) is 19.7 Å². The molecule has 2 aromatic rings. The van der Waals surface area contributed by atoms with Crippen molar-refractivity contribution in [3.8, 4) is 11.5 Å². The number of likely N-dealkylation sites (tertiary alicyclic amines) is 1. The van der Waals surface area contributed by atoms with Gasteiger partial charge in [0.1, 0.15) is 5.76 Å². The molecule has 1 aliphatic rings. The summed E-state index contributed by atoms with van der Waals surface area (Å²) in [5.41, 5.74) is 7.19. The van der Waals surface area contributed by atoms with Crippen molar-refractivity contribution in [2.75, 3.05) is 6.54 Å². The van der Waals surface area contributed by atoms with Gasteiger partial charge in [0.15, 0.2) is 5.69 Å². The molecule has 0 spiro atoms. The highest BCUT2D eigenvalue weighted by Gasteiger charge is 2.32. The van der Waals surface area contributed by atoms with Crippen LogP contribution in [-0.2, 0) is 7.05 Å². The lowest BCUT2D eigenvalue weighted by Gasteiger charge is -2.37. The average Bonchev–Trinajstić information content (AvgIpc) is 3.12. The number of amides is 1. The lowest BCUT2D eigenvalue weighted by molar-refractivity contribution is 0.0576. The largest absolute Gasteiger partial charge is 0.440 e. The highest BCUT2D eigenvalue weighted by molar-refractivity contribution is 5.94. The van der Waals surface area contributed by atoms with Crippen LogP contribution in [0.4, 0.5) is 0 Å². The number of carbonyl (C=O) groups excluding carboxylic acids is 1. The average molecular weight is 317 g/mol. The van der Waals surface area contributed by atoms with Crippen LogP contribution < -0.4 is 5.73 Å². The molecule has 1 amide bonds. The highest BCUT2D eigenvalue weighted by Crippen LogP contribution is 2.25. The molecule has 0 radical (unpaired) electrons. The predicted octanol–water partition coefficient (Wildman–Crippen LogP) is 1.73. The van der Waals surface area contributed by atoms with E-state index in [1.165, 1.54) is 0 Å². The number of piperidine rings is 1. The second-order valence-electron chi connectivity index (χ2n) is 6.25. The smallest absolute Gasteiger partial charge is 0.276 e. The second-order valence-corrected chi connectivity index (χ2v) is 6.25. The highest BCUT2D eigenvalue weighted by atomic mass is 16.4. The summed E-state index contributed by atoms with van der Waals surface area (Å²) >= 11 is 0. The summed E-state index contributed by atoms with van der Waals surface area (Å²) in [4.78, 5) is 19.2. The molecule has 0 aromatic carbocycles. The third kappa shape index (κ3) is 3.01. The predicted molar refractivity (Wildman–Crippen MR) is 85.8 cm³/mol. The van der Waals surface area contributed by atoms with Crippen molar-refractivity contribution in [3.63, 3.8) is 0 Å². The molecule has 2 unspecified atom stereocenters. The Bertz CT molecular complexity index is 703. The summed E-state index contributed by atoms with van der Waals surface area (Å²) in [7, 11) is 1.83. The van der Waals surface area contributed by atoms with E-state index in [9.17, 15) is 4.79 Å². The summed E-state index contributed by atoms with van der Waals surface area (Å²) in [6.45, 7) is 4.44. The van der Waals surface area contributed by atoms with E-state index in [2.05, 4.69) is 10.1 Å². The summed E-state index contributed by atoms with van der Waals surface area (Å²) < 4.78 is 7.35. The fraction of sp³-hybridized carbons (Fsp3) is 0.562. The van der Waals surface area contributed by atoms with Gasteiger partial charge in [-0.2, -0.15) is 5.10 Å². The number of nitrogens with two attached hydrogens (primary N) is 1. The topological polar surface area (TPSA) is 90.2 Å². The van der Waals surface area contributed by atoms with Crippen LogP contribution in [0.5, 0.6) is 0 Å². The molecule has 7 heteroatoms. The van der Waals surface area contributed by atoms with E-state index in [0.717, 1.165) is 31.4 Å². The molecule has 124 valence electrons. The molecule has 2 aromatic heterocycles. The van der Waals surface area contributed by atoms with Crippen molar-refractivity contribution in [2.24, 2.45) is 12.8 Å². The van der Waals surface area contributed by atoms with Gasteiger partial charge in [-0.15, -0.1) is 0 Å². The van der Waals surface area contributed by atoms with Crippen molar-refractivity contribution < 1.29 is 9.21 Å². The quantitative estimate of drug-likeness (QED) is 0.931. The first-order valence-corrected chi connectivity index (χ1v) is 8.00. The maximum absolute atomic E-state index is 12.9. The lowest BCUT2D eigenvalue weighted by atomic mass is 9.96. The van der Waals surface area contributed by atoms with Crippen molar-refractivity contribution in [2.45, 2.75) is 45.2 Å². The molecule has 1 aliphatic heterocycles. The Hall–Kier alpha value is -2.15. The molecule has 23 heavy (non-hydrogen) atoms. The molecule has 1 saturated heterocycles. The van der Waals surface area contributed by atoms with Gasteiger partial charge in [0, 0.05) is 31.9 Å². The number of hydrogen-bond donors (Lipinski definition) is 1. The van der Waals surface area contributed by atoms with Gasteiger partial charge >= 0.3 is 0 Å². The number of hydrogen-bond acceptors (Lipinski definition) is 5. The van der Waals surface area contributed by atoms with Crippen molar-refractivity contribution in [1.29, 1.82) is 0 Å². The second kappa shape index (κ2) is 6.16. The molecule has 0 aliphatic carbocycles. The summed E-state index contributed by atoms with van der Waals surface area (Å²) in [5.74, 6) is 0.861. The Morgan fingerprint density at radius 3 is 2.91 bits per heavy atom. The number of aromatic nitrogens is 3. The molecule has 0 bridgehead atoms. The standard InChI is InChI=1S/C16H23N5O2/c1-10(17)13-6-4-5-7-21(13)16(22)14-11(2)23-15(19-14)12-8-18-20(3)9-12/h8-10,13H,4-7,17H2,1-3H3. The summed E-state index contributed by atoms with van der Waals surface area (Å²) in [5, 5.41) is 4.11. The van der Waals surface area contributed by atoms with Gasteiger partial charge in [0.2, 0.25) is 5.89 Å². The lowest BCUT2D eigenvalue weighted by Crippen LogP contribution is -2.51. The number of aryl methyl sites for hydroxylation is 2. The van der Waals surface area contributed by atoms with Gasteiger partial charge in [0.25, 0.3) is 5.91 Å². The van der Waals surface area contributed by atoms with Crippen LogP contribution in [0.15, 0.2) is 16.8 Å². The van der Waals surface area contributed by atoms with Crippen LogP contribution in [0.2, 0.25) is 0 Å². The zero-order valence-electron chi connectivity index (χ0n) is 13.8. The summed E-state index contributed by atoms with van der Waals surface area (Å²) in [6.07, 6.45) is 6.53. The number of carbonyl (C=O) groups is 1. The normalized spacial score (nSPS) is 19.8. The molecule has 3 rings (SSSR count). The Labute approximate surface area is 135 Å². The zero-order chi connectivity index (χ0) is 16.6. The van der Waals surface area contributed by atoms with Crippen LogP contribution in [0, 0.1) is 6.92 Å². The SMILES string of the molecule is Cc1oc(-c2cnn(C)c2)nc1C(=O)N1CCCCC1C(C)N. The van der Waals surface area contributed by atoms with E-state index in [1.54, 1.807) is 17.8 Å². The minimum Gasteiger partial charge on any atom is -0.440 e. The van der Waals surface area contributed by atoms with E-state index in [4.69, 9.17) is 10.2 Å². The number of nitrogens with zero attached hydrogens (tertiary/aromatic N) is 4. The molecular weight excluding hydrogens is 294 g/mol. The third-order valence-corrected chi connectivity index (χ3v) is 4.37. The molecule has 2 atom stereocenters. The number of rotatable bonds is 3. The van der Waals surface area contributed by atoms with Gasteiger partial charge in [-0.25, -0.2) is 4.98 Å². The minimum absolute atomic E-state index is 0.0516. The molecule has 7 nitrogen and oxygen atoms in total. The van der Waals surface area contributed by atoms with E-state index in [-0.39, 0.29) is 18.0 Å². The van der Waals surface area contributed by atoms with Gasteiger partial charge in [-0.3, -0.25) is 9.48 Å². The molecule has 0 saturated carbocycles. The minimum atomic E-state index is -0.0941. The van der Waals surface area contributed by atoms with E-state index >= 15 is 0 Å². The van der Waals surface area contributed by atoms with Gasteiger partial charge in [0.05, 0.1) is 11.8 Å². The van der Waals surface area contributed by atoms with Crippen LogP contribution in [-0.4, -0.2) is 44.2 Å². The van der Waals surface area contributed by atoms with Crippen LogP contribution in [0.3, 0.4) is 0 Å². The molecule has 3 heterocycles. The first kappa shape index (κ1) is 15.7. The van der Waals surface area contributed by atoms with Gasteiger partial charge in [-0.1, -0.05) is 0 Å². The Morgan fingerprint density at radius 2 is 2.26 bits per heavy atom. The van der Waals surface area contributed by atoms with Gasteiger partial charge in [-0.05, 0) is 33.1 Å². The van der Waals surface area contributed by atoms with Gasteiger partial charge < -0.3 is 15.1 Å². The maximum Gasteiger partial charge on any atom is 0.276 e. The van der Waals surface area contributed by atoms with Crippen LogP contribution in [0.1, 0.15) is 42.4 Å². The first-order valence-electron chi connectivity index (χ1n) is 8.00. The van der Waals surface area contributed by atoms with E-state index in [0.29, 0.717) is 17.3 Å².